The van der Waals surface area contributed by atoms with Gasteiger partial charge in [-0.3, -0.25) is 4.79 Å². The Kier molecular flexibility index (Phi) is 5.17. The van der Waals surface area contributed by atoms with Crippen molar-refractivity contribution in [2.24, 2.45) is 16.6 Å². The van der Waals surface area contributed by atoms with Crippen molar-refractivity contribution in [1.82, 2.24) is 5.32 Å². The summed E-state index contributed by atoms with van der Waals surface area (Å²) in [5.41, 5.74) is 5.45. The minimum atomic E-state index is -0.481. The third-order valence-corrected chi connectivity index (χ3v) is 3.78. The molecule has 0 aromatic rings. The van der Waals surface area contributed by atoms with Crippen LogP contribution in [-0.2, 0) is 4.79 Å². The number of nitrogens with one attached hydrogen (secondary N) is 1. The molecule has 4 heteroatoms. The molecule has 0 aromatic heterocycles. The molecular formula is C14H28N2O2. The van der Waals surface area contributed by atoms with Gasteiger partial charge in [-0.05, 0) is 24.7 Å². The summed E-state index contributed by atoms with van der Waals surface area (Å²) in [5, 5.41) is 12.8. The largest absolute Gasteiger partial charge is 0.391 e. The minimum Gasteiger partial charge on any atom is -0.391 e. The van der Waals surface area contributed by atoms with Crippen LogP contribution in [0.15, 0.2) is 0 Å². The lowest BCUT2D eigenvalue weighted by Crippen LogP contribution is -2.46. The first-order valence-corrected chi connectivity index (χ1v) is 6.95. The van der Waals surface area contributed by atoms with E-state index in [9.17, 15) is 9.90 Å². The summed E-state index contributed by atoms with van der Waals surface area (Å²) in [6.07, 6.45) is 4.12. The molecular weight excluding hydrogens is 228 g/mol. The fourth-order valence-electron chi connectivity index (χ4n) is 2.75. The number of nitrogens with two attached hydrogens (primary N) is 1. The van der Waals surface area contributed by atoms with E-state index in [2.05, 4.69) is 26.1 Å². The predicted octanol–water partition coefficient (Wildman–Crippen LogP) is 1.42. The molecule has 4 nitrogen and oxygen atoms in total. The zero-order valence-corrected chi connectivity index (χ0v) is 12.0. The molecule has 1 aliphatic carbocycles. The molecule has 1 saturated carbocycles. The number of hydrogen-bond donors (Lipinski definition) is 3. The number of aliphatic hydroxyl groups is 1. The Morgan fingerprint density at radius 3 is 2.39 bits per heavy atom. The minimum absolute atomic E-state index is 0.0236. The Balaban J connectivity index is 2.41. The monoisotopic (exact) mass is 256 g/mol. The van der Waals surface area contributed by atoms with Crippen molar-refractivity contribution in [2.45, 2.75) is 59.0 Å². The van der Waals surface area contributed by atoms with Crippen LogP contribution in [-0.4, -0.2) is 30.2 Å². The second-order valence-electron chi connectivity index (χ2n) is 6.82. The van der Waals surface area contributed by atoms with Gasteiger partial charge in [0.05, 0.1) is 11.5 Å². The van der Waals surface area contributed by atoms with Crippen molar-refractivity contribution in [2.75, 3.05) is 13.1 Å². The smallest absolute Gasteiger partial charge is 0.227 e. The molecule has 18 heavy (non-hydrogen) atoms. The molecule has 1 aliphatic rings. The third-order valence-electron chi connectivity index (χ3n) is 3.78. The summed E-state index contributed by atoms with van der Waals surface area (Å²) in [7, 11) is 0. The zero-order chi connectivity index (χ0) is 13.8. The highest BCUT2D eigenvalue weighted by molar-refractivity contribution is 5.83. The third kappa shape index (κ3) is 4.25. The Labute approximate surface area is 110 Å². The highest BCUT2D eigenvalue weighted by Gasteiger charge is 2.39. The van der Waals surface area contributed by atoms with Gasteiger partial charge >= 0.3 is 0 Å². The molecule has 1 fully saturated rings. The number of aliphatic hydroxyl groups excluding tert-OH is 1. The van der Waals surface area contributed by atoms with Crippen LogP contribution in [0.2, 0.25) is 0 Å². The number of hydrogen-bond acceptors (Lipinski definition) is 3. The summed E-state index contributed by atoms with van der Waals surface area (Å²) in [6, 6.07) is 0. The number of rotatable bonds is 5. The molecule has 0 heterocycles. The Morgan fingerprint density at radius 2 is 1.94 bits per heavy atom. The van der Waals surface area contributed by atoms with Crippen LogP contribution in [0.1, 0.15) is 52.9 Å². The van der Waals surface area contributed by atoms with Crippen LogP contribution in [0, 0.1) is 10.8 Å². The van der Waals surface area contributed by atoms with Crippen LogP contribution < -0.4 is 11.1 Å². The predicted molar refractivity (Wildman–Crippen MR) is 73.0 cm³/mol. The molecule has 1 unspecified atom stereocenters. The van der Waals surface area contributed by atoms with Crippen molar-refractivity contribution in [3.05, 3.63) is 0 Å². The van der Waals surface area contributed by atoms with E-state index in [-0.39, 0.29) is 16.7 Å². The maximum absolute atomic E-state index is 12.2. The lowest BCUT2D eigenvalue weighted by Gasteiger charge is -2.27. The Hall–Kier alpha value is -0.610. The lowest BCUT2D eigenvalue weighted by atomic mass is 9.85. The summed E-state index contributed by atoms with van der Waals surface area (Å²) >= 11 is 0. The highest BCUT2D eigenvalue weighted by Crippen LogP contribution is 2.37. The van der Waals surface area contributed by atoms with Gasteiger partial charge in [-0.1, -0.05) is 33.6 Å². The molecule has 0 aliphatic heterocycles. The fourth-order valence-corrected chi connectivity index (χ4v) is 2.75. The van der Waals surface area contributed by atoms with Crippen molar-refractivity contribution in [3.63, 3.8) is 0 Å². The van der Waals surface area contributed by atoms with E-state index in [1.54, 1.807) is 0 Å². The van der Waals surface area contributed by atoms with Crippen LogP contribution in [0.25, 0.3) is 0 Å². The normalized spacial score (nSPS) is 20.7. The number of carbonyl (C=O) groups is 1. The molecule has 0 bridgehead atoms. The molecule has 1 amide bonds. The van der Waals surface area contributed by atoms with E-state index < -0.39 is 6.10 Å². The Morgan fingerprint density at radius 1 is 1.39 bits per heavy atom. The SMILES string of the molecule is CC(C)(C)CC(O)CNC(=O)C1(CN)CCCC1. The molecule has 4 N–H and O–H groups in total. The maximum atomic E-state index is 12.2. The van der Waals surface area contributed by atoms with Gasteiger partial charge < -0.3 is 16.2 Å². The maximum Gasteiger partial charge on any atom is 0.227 e. The van der Waals surface area contributed by atoms with Crippen LogP contribution in [0.3, 0.4) is 0 Å². The topological polar surface area (TPSA) is 75.3 Å². The van der Waals surface area contributed by atoms with Crippen molar-refractivity contribution in [1.29, 1.82) is 0 Å². The number of carbonyl (C=O) groups excluding carboxylic acids is 1. The molecule has 106 valence electrons. The van der Waals surface area contributed by atoms with Crippen LogP contribution >= 0.6 is 0 Å². The highest BCUT2D eigenvalue weighted by atomic mass is 16.3. The standard InChI is InChI=1S/C14H28N2O2/c1-13(2,3)8-11(17)9-16-12(18)14(10-15)6-4-5-7-14/h11,17H,4-10,15H2,1-3H3,(H,16,18). The first-order valence-electron chi connectivity index (χ1n) is 6.95. The van der Waals surface area contributed by atoms with Gasteiger partial charge in [0.1, 0.15) is 0 Å². The first kappa shape index (κ1) is 15.4. The number of amides is 1. The summed E-state index contributed by atoms with van der Waals surface area (Å²) in [5.74, 6) is 0.0236. The van der Waals surface area contributed by atoms with E-state index in [1.165, 1.54) is 0 Å². The van der Waals surface area contributed by atoms with Crippen molar-refractivity contribution in [3.8, 4) is 0 Å². The van der Waals surface area contributed by atoms with E-state index >= 15 is 0 Å². The van der Waals surface area contributed by atoms with E-state index in [1.807, 2.05) is 0 Å². The van der Waals surface area contributed by atoms with Gasteiger partial charge in [0, 0.05) is 13.1 Å². The molecule has 1 atom stereocenters. The van der Waals surface area contributed by atoms with Gasteiger partial charge in [-0.2, -0.15) is 0 Å². The van der Waals surface area contributed by atoms with Crippen molar-refractivity contribution >= 4 is 5.91 Å². The van der Waals surface area contributed by atoms with Crippen LogP contribution in [0.4, 0.5) is 0 Å². The van der Waals surface area contributed by atoms with E-state index in [0.29, 0.717) is 19.5 Å². The van der Waals surface area contributed by atoms with Gasteiger partial charge in [0.25, 0.3) is 0 Å². The molecule has 1 rings (SSSR count). The molecule has 0 aromatic carbocycles. The van der Waals surface area contributed by atoms with E-state index in [4.69, 9.17) is 5.73 Å². The van der Waals surface area contributed by atoms with Crippen molar-refractivity contribution < 1.29 is 9.90 Å². The van der Waals surface area contributed by atoms with Gasteiger partial charge in [-0.15, -0.1) is 0 Å². The fraction of sp³-hybridized carbons (Fsp3) is 0.929. The lowest BCUT2D eigenvalue weighted by molar-refractivity contribution is -0.130. The second kappa shape index (κ2) is 6.02. The van der Waals surface area contributed by atoms with Gasteiger partial charge in [0.15, 0.2) is 0 Å². The molecule has 0 spiro atoms. The summed E-state index contributed by atoms with van der Waals surface area (Å²) in [4.78, 5) is 12.2. The summed E-state index contributed by atoms with van der Waals surface area (Å²) < 4.78 is 0. The van der Waals surface area contributed by atoms with Crippen LogP contribution in [0.5, 0.6) is 0 Å². The van der Waals surface area contributed by atoms with E-state index in [0.717, 1.165) is 25.7 Å². The average molecular weight is 256 g/mol. The second-order valence-corrected chi connectivity index (χ2v) is 6.82. The zero-order valence-electron chi connectivity index (χ0n) is 12.0. The summed E-state index contributed by atoms with van der Waals surface area (Å²) in [6.45, 7) is 6.98. The quantitative estimate of drug-likeness (QED) is 0.696. The first-order chi connectivity index (χ1) is 8.29. The Bertz CT molecular complexity index is 278. The van der Waals surface area contributed by atoms with Gasteiger partial charge in [0.2, 0.25) is 5.91 Å². The van der Waals surface area contributed by atoms with Gasteiger partial charge in [-0.25, -0.2) is 0 Å². The average Bonchev–Trinajstić information content (AvgIpc) is 2.73. The molecule has 0 radical (unpaired) electrons. The molecule has 0 saturated heterocycles.